The maximum Gasteiger partial charge on any atom is 0.0382 e. The fraction of sp³-hybridized carbons (Fsp3) is 0.429. The van der Waals surface area contributed by atoms with E-state index < -0.39 is 0 Å². The van der Waals surface area contributed by atoms with Gasteiger partial charge >= 0.3 is 0 Å². The number of nitrogens with zero attached hydrogens (tertiary/aromatic N) is 2. The minimum Gasteiger partial charge on any atom is -0.364 e. The molecule has 0 saturated heterocycles. The number of likely N-dealkylation sites (N-methyl/N-ethyl adjacent to an activating group) is 2. The summed E-state index contributed by atoms with van der Waals surface area (Å²) in [6, 6.07) is 8.33. The highest BCUT2D eigenvalue weighted by Gasteiger charge is 2.04. The Bertz CT molecular complexity index is 376. The first-order valence-electron chi connectivity index (χ1n) is 6.35. The quantitative estimate of drug-likeness (QED) is 0.783. The predicted molar refractivity (Wildman–Crippen MR) is 74.3 cm³/mol. The zero-order valence-electron chi connectivity index (χ0n) is 11.2. The number of hydrogen-bond acceptors (Lipinski definition) is 2. The minimum absolute atomic E-state index is 0.976. The lowest BCUT2D eigenvalue weighted by Gasteiger charge is -2.21. The highest BCUT2D eigenvalue weighted by Crippen LogP contribution is 2.02. The summed E-state index contributed by atoms with van der Waals surface area (Å²) in [5.74, 6) is 0. The number of aromatic amines is 2. The van der Waals surface area contributed by atoms with Crippen molar-refractivity contribution in [3.8, 4) is 0 Å². The van der Waals surface area contributed by atoms with Crippen LogP contribution in [0.2, 0.25) is 0 Å². The second kappa shape index (κ2) is 6.42. The van der Waals surface area contributed by atoms with Gasteiger partial charge < -0.3 is 9.97 Å². The zero-order chi connectivity index (χ0) is 12.8. The predicted octanol–water partition coefficient (Wildman–Crippen LogP) is 1.91. The molecule has 0 spiro atoms. The molecule has 18 heavy (non-hydrogen) atoms. The third-order valence-electron chi connectivity index (χ3n) is 3.07. The maximum atomic E-state index is 3.23. The molecule has 0 saturated carbocycles. The van der Waals surface area contributed by atoms with Gasteiger partial charge in [-0.2, -0.15) is 0 Å². The van der Waals surface area contributed by atoms with Gasteiger partial charge in [0, 0.05) is 50.0 Å². The van der Waals surface area contributed by atoms with Gasteiger partial charge in [0.05, 0.1) is 0 Å². The molecule has 0 aliphatic rings. The lowest BCUT2D eigenvalue weighted by Crippen LogP contribution is -2.30. The van der Waals surface area contributed by atoms with Crippen molar-refractivity contribution in [3.63, 3.8) is 0 Å². The summed E-state index contributed by atoms with van der Waals surface area (Å²) in [4.78, 5) is 11.1. The summed E-state index contributed by atoms with van der Waals surface area (Å²) in [7, 11) is 4.31. The maximum absolute atomic E-state index is 3.23. The topological polar surface area (TPSA) is 38.1 Å². The standard InChI is InChI=1S/C14H22N4/c1-17(11-13-5-3-7-15-13)9-10-18(2)12-14-6-4-8-16-14/h3-8,15-16H,9-12H2,1-2H3. The van der Waals surface area contributed by atoms with E-state index in [-0.39, 0.29) is 0 Å². The Labute approximate surface area is 109 Å². The highest BCUT2D eigenvalue weighted by molar-refractivity contribution is 5.04. The van der Waals surface area contributed by atoms with Gasteiger partial charge in [-0.1, -0.05) is 0 Å². The molecule has 2 heterocycles. The fourth-order valence-corrected chi connectivity index (χ4v) is 2.01. The van der Waals surface area contributed by atoms with Crippen molar-refractivity contribution in [2.75, 3.05) is 27.2 Å². The minimum atomic E-state index is 0.976. The lowest BCUT2D eigenvalue weighted by molar-refractivity contribution is 0.244. The second-order valence-electron chi connectivity index (χ2n) is 4.87. The molecule has 0 radical (unpaired) electrons. The Morgan fingerprint density at radius 2 is 1.28 bits per heavy atom. The Hall–Kier alpha value is -1.52. The van der Waals surface area contributed by atoms with Crippen LogP contribution in [0.3, 0.4) is 0 Å². The molecule has 0 aliphatic carbocycles. The van der Waals surface area contributed by atoms with Crippen molar-refractivity contribution in [3.05, 3.63) is 48.0 Å². The van der Waals surface area contributed by atoms with E-state index in [9.17, 15) is 0 Å². The first kappa shape index (κ1) is 12.9. The van der Waals surface area contributed by atoms with Gasteiger partial charge in [0.1, 0.15) is 0 Å². The molecule has 4 nitrogen and oxygen atoms in total. The first-order valence-corrected chi connectivity index (χ1v) is 6.35. The second-order valence-corrected chi connectivity index (χ2v) is 4.87. The van der Waals surface area contributed by atoms with Crippen LogP contribution in [-0.4, -0.2) is 47.0 Å². The van der Waals surface area contributed by atoms with Crippen LogP contribution >= 0.6 is 0 Å². The summed E-state index contributed by atoms with van der Waals surface area (Å²) >= 11 is 0. The molecule has 2 aromatic rings. The van der Waals surface area contributed by atoms with E-state index in [1.165, 1.54) is 11.4 Å². The summed E-state index contributed by atoms with van der Waals surface area (Å²) in [5, 5.41) is 0. The molecule has 2 aromatic heterocycles. The van der Waals surface area contributed by atoms with Crippen LogP contribution in [0.25, 0.3) is 0 Å². The Balaban J connectivity index is 1.67. The molecule has 98 valence electrons. The Morgan fingerprint density at radius 1 is 0.833 bits per heavy atom. The molecule has 2 N–H and O–H groups in total. The van der Waals surface area contributed by atoms with Crippen molar-refractivity contribution in [2.24, 2.45) is 0 Å². The fourth-order valence-electron chi connectivity index (χ4n) is 2.01. The summed E-state index contributed by atoms with van der Waals surface area (Å²) in [5.41, 5.74) is 2.54. The van der Waals surface area contributed by atoms with E-state index in [1.54, 1.807) is 0 Å². The average molecular weight is 246 g/mol. The molecule has 0 bridgehead atoms. The highest BCUT2D eigenvalue weighted by atomic mass is 15.2. The molecule has 0 amide bonds. The van der Waals surface area contributed by atoms with Crippen LogP contribution in [0.4, 0.5) is 0 Å². The molecular weight excluding hydrogens is 224 g/mol. The normalized spacial score (nSPS) is 11.6. The van der Waals surface area contributed by atoms with Gasteiger partial charge in [-0.05, 0) is 38.4 Å². The van der Waals surface area contributed by atoms with Crippen LogP contribution in [-0.2, 0) is 13.1 Å². The third kappa shape index (κ3) is 4.05. The van der Waals surface area contributed by atoms with Crippen molar-refractivity contribution < 1.29 is 0 Å². The molecule has 0 fully saturated rings. The van der Waals surface area contributed by atoms with Gasteiger partial charge in [-0.15, -0.1) is 0 Å². The van der Waals surface area contributed by atoms with Crippen LogP contribution in [0.5, 0.6) is 0 Å². The van der Waals surface area contributed by atoms with Crippen LogP contribution < -0.4 is 0 Å². The average Bonchev–Trinajstić information content (AvgIpc) is 2.99. The van der Waals surface area contributed by atoms with Crippen LogP contribution in [0, 0.1) is 0 Å². The van der Waals surface area contributed by atoms with E-state index in [4.69, 9.17) is 0 Å². The molecule has 2 rings (SSSR count). The number of hydrogen-bond donors (Lipinski definition) is 2. The summed E-state index contributed by atoms with van der Waals surface area (Å²) < 4.78 is 0. The van der Waals surface area contributed by atoms with E-state index in [1.807, 2.05) is 24.5 Å². The number of nitrogens with one attached hydrogen (secondary N) is 2. The number of H-pyrrole nitrogens is 2. The van der Waals surface area contributed by atoms with Gasteiger partial charge in [0.25, 0.3) is 0 Å². The monoisotopic (exact) mass is 246 g/mol. The van der Waals surface area contributed by atoms with E-state index >= 15 is 0 Å². The Kier molecular flexibility index (Phi) is 4.61. The van der Waals surface area contributed by atoms with E-state index in [0.29, 0.717) is 0 Å². The summed E-state index contributed by atoms with van der Waals surface area (Å²) in [6.45, 7) is 4.08. The van der Waals surface area contributed by atoms with E-state index in [2.05, 4.69) is 46.0 Å². The van der Waals surface area contributed by atoms with Crippen LogP contribution in [0.15, 0.2) is 36.7 Å². The Morgan fingerprint density at radius 3 is 1.61 bits per heavy atom. The lowest BCUT2D eigenvalue weighted by atomic mass is 10.3. The van der Waals surface area contributed by atoms with Gasteiger partial charge in [0.2, 0.25) is 0 Å². The van der Waals surface area contributed by atoms with Crippen molar-refractivity contribution in [1.82, 2.24) is 19.8 Å². The summed E-state index contributed by atoms with van der Waals surface area (Å²) in [6.07, 6.45) is 3.95. The number of aromatic nitrogens is 2. The first-order chi connectivity index (χ1) is 8.74. The molecular formula is C14H22N4. The van der Waals surface area contributed by atoms with Crippen LogP contribution in [0.1, 0.15) is 11.4 Å². The molecule has 0 aliphatic heterocycles. The largest absolute Gasteiger partial charge is 0.364 e. The SMILES string of the molecule is CN(CCN(C)Cc1ccc[nH]1)Cc1ccc[nH]1. The van der Waals surface area contributed by atoms with E-state index in [0.717, 1.165) is 26.2 Å². The number of rotatable bonds is 7. The van der Waals surface area contributed by atoms with Crippen molar-refractivity contribution in [1.29, 1.82) is 0 Å². The van der Waals surface area contributed by atoms with Gasteiger partial charge in [0.15, 0.2) is 0 Å². The van der Waals surface area contributed by atoms with Gasteiger partial charge in [-0.3, -0.25) is 9.80 Å². The smallest absolute Gasteiger partial charge is 0.0382 e. The zero-order valence-corrected chi connectivity index (χ0v) is 11.2. The molecule has 0 aromatic carbocycles. The molecule has 0 atom stereocenters. The van der Waals surface area contributed by atoms with Crippen molar-refractivity contribution >= 4 is 0 Å². The third-order valence-corrected chi connectivity index (χ3v) is 3.07. The van der Waals surface area contributed by atoms with Crippen molar-refractivity contribution in [2.45, 2.75) is 13.1 Å². The molecule has 0 unspecified atom stereocenters. The molecule has 4 heteroatoms. The van der Waals surface area contributed by atoms with Gasteiger partial charge in [-0.25, -0.2) is 0 Å².